The first kappa shape index (κ1) is 17.1. The lowest BCUT2D eigenvalue weighted by Crippen LogP contribution is -2.40. The number of carbonyl (C=O) groups excluding carboxylic acids is 1. The molecule has 24 heavy (non-hydrogen) atoms. The summed E-state index contributed by atoms with van der Waals surface area (Å²) in [5, 5.41) is 12.1. The van der Waals surface area contributed by atoms with Crippen LogP contribution in [-0.2, 0) is 10.5 Å². The zero-order chi connectivity index (χ0) is 16.8. The Labute approximate surface area is 147 Å². The second-order valence-corrected chi connectivity index (χ2v) is 7.63. The molecule has 1 spiro atoms. The topological polar surface area (TPSA) is 65.4 Å². The number of nitrogens with zero attached hydrogens (tertiary/aromatic N) is 2. The lowest BCUT2D eigenvalue weighted by Gasteiger charge is -2.22. The summed E-state index contributed by atoms with van der Waals surface area (Å²) in [4.78, 5) is 14.2. The van der Waals surface area contributed by atoms with Gasteiger partial charge < -0.3 is 15.0 Å². The summed E-state index contributed by atoms with van der Waals surface area (Å²) in [6.07, 6.45) is 2.13. The molecule has 2 aliphatic heterocycles. The minimum atomic E-state index is 0.0387. The highest BCUT2D eigenvalue weighted by Crippen LogP contribution is 2.38. The van der Waals surface area contributed by atoms with Gasteiger partial charge in [0.25, 0.3) is 0 Å². The van der Waals surface area contributed by atoms with Crippen LogP contribution in [0.2, 0.25) is 0 Å². The largest absolute Gasteiger partial charge is 0.381 e. The highest BCUT2D eigenvalue weighted by atomic mass is 32.2. The van der Waals surface area contributed by atoms with Crippen molar-refractivity contribution in [3.63, 3.8) is 0 Å². The van der Waals surface area contributed by atoms with Crippen LogP contribution in [0.3, 0.4) is 0 Å². The summed E-state index contributed by atoms with van der Waals surface area (Å²) in [6.45, 7) is 3.93. The molecule has 1 N–H and O–H groups in total. The van der Waals surface area contributed by atoms with Gasteiger partial charge in [-0.25, -0.2) is 4.79 Å². The molecular formula is C18H23N3O2S. The van der Waals surface area contributed by atoms with E-state index in [-0.39, 0.29) is 11.4 Å². The van der Waals surface area contributed by atoms with Gasteiger partial charge in [-0.1, -0.05) is 18.2 Å². The zero-order valence-corrected chi connectivity index (χ0v) is 14.6. The molecule has 2 heterocycles. The minimum Gasteiger partial charge on any atom is -0.381 e. The summed E-state index contributed by atoms with van der Waals surface area (Å²) >= 11 is 1.73. The van der Waals surface area contributed by atoms with Crippen molar-refractivity contribution in [2.24, 2.45) is 5.41 Å². The van der Waals surface area contributed by atoms with Crippen molar-refractivity contribution >= 4 is 17.8 Å². The van der Waals surface area contributed by atoms with Gasteiger partial charge in [-0.15, -0.1) is 0 Å². The van der Waals surface area contributed by atoms with E-state index in [9.17, 15) is 4.79 Å². The van der Waals surface area contributed by atoms with Gasteiger partial charge >= 0.3 is 6.03 Å². The summed E-state index contributed by atoms with van der Waals surface area (Å²) in [7, 11) is 0. The highest BCUT2D eigenvalue weighted by Gasteiger charge is 2.42. The fourth-order valence-corrected chi connectivity index (χ4v) is 4.22. The molecule has 2 saturated heterocycles. The van der Waals surface area contributed by atoms with Gasteiger partial charge in [-0.3, -0.25) is 0 Å². The highest BCUT2D eigenvalue weighted by molar-refractivity contribution is 7.98. The normalized spacial score (nSPS) is 22.7. The fourth-order valence-electron chi connectivity index (χ4n) is 3.36. The number of amides is 2. The number of nitriles is 1. The molecule has 2 aliphatic rings. The van der Waals surface area contributed by atoms with Crippen LogP contribution < -0.4 is 5.32 Å². The SMILES string of the molecule is N#Cc1ccccc1CSCCNC(=O)N1CC[C@@]2(CCOC2)C1. The van der Waals surface area contributed by atoms with E-state index in [1.165, 1.54) is 0 Å². The molecule has 0 aliphatic carbocycles. The number of hydrogen-bond acceptors (Lipinski definition) is 4. The molecule has 0 radical (unpaired) electrons. The smallest absolute Gasteiger partial charge is 0.317 e. The maximum Gasteiger partial charge on any atom is 0.317 e. The van der Waals surface area contributed by atoms with Crippen molar-refractivity contribution in [1.82, 2.24) is 10.2 Å². The number of likely N-dealkylation sites (tertiary alicyclic amines) is 1. The Kier molecular flexibility index (Phi) is 5.64. The van der Waals surface area contributed by atoms with Gasteiger partial charge in [0.1, 0.15) is 0 Å². The van der Waals surface area contributed by atoms with Crippen molar-refractivity contribution in [3.05, 3.63) is 35.4 Å². The van der Waals surface area contributed by atoms with Crippen molar-refractivity contribution < 1.29 is 9.53 Å². The molecular weight excluding hydrogens is 322 g/mol. The molecule has 0 saturated carbocycles. The van der Waals surface area contributed by atoms with Crippen LogP contribution in [0.4, 0.5) is 4.79 Å². The second-order valence-electron chi connectivity index (χ2n) is 6.53. The zero-order valence-electron chi connectivity index (χ0n) is 13.8. The van der Waals surface area contributed by atoms with Gasteiger partial charge in [0.2, 0.25) is 0 Å². The summed E-state index contributed by atoms with van der Waals surface area (Å²) < 4.78 is 5.50. The van der Waals surface area contributed by atoms with Gasteiger partial charge in [0, 0.05) is 43.2 Å². The van der Waals surface area contributed by atoms with E-state index < -0.39 is 0 Å². The van der Waals surface area contributed by atoms with Gasteiger partial charge in [0.05, 0.1) is 18.2 Å². The quantitative estimate of drug-likeness (QED) is 0.833. The van der Waals surface area contributed by atoms with Crippen molar-refractivity contribution in [2.75, 3.05) is 38.6 Å². The Balaban J connectivity index is 1.35. The van der Waals surface area contributed by atoms with E-state index in [0.29, 0.717) is 6.54 Å². The Morgan fingerprint density at radius 1 is 1.42 bits per heavy atom. The molecule has 1 aromatic carbocycles. The Morgan fingerprint density at radius 2 is 2.29 bits per heavy atom. The van der Waals surface area contributed by atoms with Crippen LogP contribution in [-0.4, -0.2) is 49.5 Å². The molecule has 6 heteroatoms. The molecule has 5 nitrogen and oxygen atoms in total. The standard InChI is InChI=1S/C18H23N3O2S/c19-11-15-3-1-2-4-16(15)12-24-10-7-20-17(22)21-8-5-18(13-21)6-9-23-14-18/h1-4H,5-10,12-14H2,(H,20,22)/t18-/m1/s1. The first-order chi connectivity index (χ1) is 11.7. The number of nitrogens with one attached hydrogen (secondary N) is 1. The van der Waals surface area contributed by atoms with Crippen molar-refractivity contribution in [3.8, 4) is 6.07 Å². The first-order valence-corrected chi connectivity index (χ1v) is 9.54. The average Bonchev–Trinajstić information content (AvgIpc) is 3.25. The molecule has 1 atom stereocenters. The van der Waals surface area contributed by atoms with E-state index in [1.54, 1.807) is 11.8 Å². The molecule has 3 rings (SSSR count). The third-order valence-corrected chi connectivity index (χ3v) is 5.84. The van der Waals surface area contributed by atoms with E-state index >= 15 is 0 Å². The third kappa shape index (κ3) is 4.03. The number of thioether (sulfide) groups is 1. The van der Waals surface area contributed by atoms with Crippen LogP contribution in [0.25, 0.3) is 0 Å². The van der Waals surface area contributed by atoms with Crippen LogP contribution in [0.5, 0.6) is 0 Å². The van der Waals surface area contributed by atoms with E-state index in [0.717, 1.165) is 61.8 Å². The number of urea groups is 1. The van der Waals surface area contributed by atoms with Gasteiger partial charge in [-0.2, -0.15) is 17.0 Å². The van der Waals surface area contributed by atoms with E-state index in [1.807, 2.05) is 29.2 Å². The van der Waals surface area contributed by atoms with Crippen LogP contribution in [0.15, 0.2) is 24.3 Å². The number of benzene rings is 1. The van der Waals surface area contributed by atoms with E-state index in [2.05, 4.69) is 11.4 Å². The van der Waals surface area contributed by atoms with Crippen LogP contribution in [0, 0.1) is 16.7 Å². The van der Waals surface area contributed by atoms with Crippen LogP contribution in [0.1, 0.15) is 24.0 Å². The lowest BCUT2D eigenvalue weighted by atomic mass is 9.87. The van der Waals surface area contributed by atoms with Crippen molar-refractivity contribution in [1.29, 1.82) is 5.26 Å². The molecule has 0 bridgehead atoms. The molecule has 0 aromatic heterocycles. The number of carbonyl (C=O) groups is 1. The second kappa shape index (κ2) is 7.91. The summed E-state index contributed by atoms with van der Waals surface area (Å²) in [6, 6.07) is 9.91. The Bertz CT molecular complexity index is 623. The molecule has 2 amide bonds. The van der Waals surface area contributed by atoms with Crippen molar-refractivity contribution in [2.45, 2.75) is 18.6 Å². The Morgan fingerprint density at radius 3 is 3.08 bits per heavy atom. The molecule has 128 valence electrons. The third-order valence-electron chi connectivity index (χ3n) is 4.83. The predicted octanol–water partition coefficient (Wildman–Crippen LogP) is 2.61. The number of hydrogen-bond donors (Lipinski definition) is 1. The summed E-state index contributed by atoms with van der Waals surface area (Å²) in [5.74, 6) is 1.64. The Hall–Kier alpha value is -1.71. The van der Waals surface area contributed by atoms with Crippen LogP contribution >= 0.6 is 11.8 Å². The maximum atomic E-state index is 12.2. The monoisotopic (exact) mass is 345 g/mol. The number of rotatable bonds is 5. The predicted molar refractivity (Wildman–Crippen MR) is 94.8 cm³/mol. The molecule has 1 aromatic rings. The number of ether oxygens (including phenoxy) is 1. The van der Waals surface area contributed by atoms with Gasteiger partial charge in [-0.05, 0) is 24.5 Å². The lowest BCUT2D eigenvalue weighted by molar-refractivity contribution is 0.152. The molecule has 0 unspecified atom stereocenters. The van der Waals surface area contributed by atoms with E-state index in [4.69, 9.17) is 10.00 Å². The average molecular weight is 345 g/mol. The van der Waals surface area contributed by atoms with Gasteiger partial charge in [0.15, 0.2) is 0 Å². The summed E-state index contributed by atoms with van der Waals surface area (Å²) in [5.41, 5.74) is 2.00. The first-order valence-electron chi connectivity index (χ1n) is 8.39. The maximum absolute atomic E-state index is 12.2. The fraction of sp³-hybridized carbons (Fsp3) is 0.556. The molecule has 2 fully saturated rings. The minimum absolute atomic E-state index is 0.0387.